The Morgan fingerprint density at radius 1 is 1.42 bits per heavy atom. The smallest absolute Gasteiger partial charge is 0.172 e. The minimum atomic E-state index is 0.264. The zero-order valence-electron chi connectivity index (χ0n) is 10.2. The minimum Gasteiger partial charge on any atom is -0.296 e. The summed E-state index contributed by atoms with van der Waals surface area (Å²) < 4.78 is 1.62. The van der Waals surface area contributed by atoms with Crippen molar-refractivity contribution >= 4 is 29.5 Å². The molecule has 1 heterocycles. The van der Waals surface area contributed by atoms with Crippen LogP contribution in [0.4, 0.5) is 0 Å². The van der Waals surface area contributed by atoms with Gasteiger partial charge < -0.3 is 0 Å². The molecule has 19 heavy (non-hydrogen) atoms. The zero-order chi connectivity index (χ0) is 14.0. The number of hydrogen-bond acceptors (Lipinski definition) is 3. The Hall–Kier alpha value is -1.65. The third-order valence-corrected chi connectivity index (χ3v) is 3.22. The van der Waals surface area contributed by atoms with Crippen LogP contribution >= 0.6 is 23.2 Å². The second kappa shape index (κ2) is 5.55. The molecule has 6 heteroatoms. The van der Waals surface area contributed by atoms with E-state index in [0.29, 0.717) is 28.6 Å². The molecule has 0 spiro atoms. The van der Waals surface area contributed by atoms with Crippen molar-refractivity contribution in [3.05, 3.63) is 46.1 Å². The normalized spacial score (nSPS) is 10.5. The topological polar surface area (TPSA) is 47.8 Å². The fourth-order valence-corrected chi connectivity index (χ4v) is 2.01. The lowest BCUT2D eigenvalue weighted by atomic mass is 10.1. The summed E-state index contributed by atoms with van der Waals surface area (Å²) in [4.78, 5) is 11.1. The molecule has 0 saturated carbocycles. The molecule has 2 rings (SSSR count). The molecule has 1 aromatic heterocycles. The van der Waals surface area contributed by atoms with Gasteiger partial charge in [-0.15, -0.1) is 5.10 Å². The van der Waals surface area contributed by atoms with Crippen LogP contribution in [0.3, 0.4) is 0 Å². The molecule has 0 aliphatic carbocycles. The predicted octanol–water partition coefficient (Wildman–Crippen LogP) is 3.64. The number of nitrogens with zero attached hydrogens (tertiary/aromatic N) is 3. The van der Waals surface area contributed by atoms with Crippen molar-refractivity contribution in [1.29, 1.82) is 0 Å². The highest BCUT2D eigenvalue weighted by atomic mass is 35.5. The van der Waals surface area contributed by atoms with Crippen LogP contribution in [0.1, 0.15) is 17.4 Å². The molecule has 0 saturated heterocycles. The average molecular weight is 296 g/mol. The van der Waals surface area contributed by atoms with Crippen LogP contribution in [0.5, 0.6) is 0 Å². The van der Waals surface area contributed by atoms with E-state index in [1.807, 2.05) is 6.92 Å². The first-order valence-corrected chi connectivity index (χ1v) is 6.27. The van der Waals surface area contributed by atoms with Crippen LogP contribution < -0.4 is 0 Å². The summed E-state index contributed by atoms with van der Waals surface area (Å²) in [7, 11) is 0. The van der Waals surface area contributed by atoms with Crippen LogP contribution in [0.25, 0.3) is 11.3 Å². The second-order valence-corrected chi connectivity index (χ2v) is 5.00. The summed E-state index contributed by atoms with van der Waals surface area (Å²) in [6, 6.07) is 5.13. The highest BCUT2D eigenvalue weighted by Gasteiger charge is 2.15. The molecule has 0 bridgehead atoms. The largest absolute Gasteiger partial charge is 0.296 e. The van der Waals surface area contributed by atoms with Gasteiger partial charge in [-0.05, 0) is 19.1 Å². The SMILES string of the molecule is C=C(C)Cn1nnc(C=O)c1-c1ccc(Cl)c(Cl)c1. The number of carbonyl (C=O) groups is 1. The summed E-state index contributed by atoms with van der Waals surface area (Å²) in [6.45, 7) is 6.19. The monoisotopic (exact) mass is 295 g/mol. The number of aromatic nitrogens is 3. The fourth-order valence-electron chi connectivity index (χ4n) is 1.71. The first kappa shape index (κ1) is 13.8. The van der Waals surface area contributed by atoms with Gasteiger partial charge in [-0.25, -0.2) is 4.68 Å². The summed E-state index contributed by atoms with van der Waals surface area (Å²) in [5.41, 5.74) is 2.52. The van der Waals surface area contributed by atoms with Gasteiger partial charge in [0, 0.05) is 5.56 Å². The molecule has 0 aliphatic rings. The van der Waals surface area contributed by atoms with E-state index in [9.17, 15) is 4.79 Å². The van der Waals surface area contributed by atoms with E-state index in [4.69, 9.17) is 23.2 Å². The van der Waals surface area contributed by atoms with Crippen molar-refractivity contribution in [3.8, 4) is 11.3 Å². The molecule has 98 valence electrons. The van der Waals surface area contributed by atoms with Crippen LogP contribution in [0, 0.1) is 0 Å². The maximum absolute atomic E-state index is 11.1. The Labute approximate surface area is 120 Å². The van der Waals surface area contributed by atoms with E-state index in [1.165, 1.54) is 0 Å². The number of allylic oxidation sites excluding steroid dienone is 1. The standard InChI is InChI=1S/C13H11Cl2N3O/c1-8(2)6-18-13(12(7-19)16-17-18)9-3-4-10(14)11(15)5-9/h3-5,7H,1,6H2,2H3. The number of hydrogen-bond donors (Lipinski definition) is 0. The van der Waals surface area contributed by atoms with Gasteiger partial charge in [0.1, 0.15) is 0 Å². The molecule has 2 aromatic rings. The van der Waals surface area contributed by atoms with Gasteiger partial charge in [-0.1, -0.05) is 46.6 Å². The number of halogens is 2. The van der Waals surface area contributed by atoms with E-state index in [2.05, 4.69) is 16.9 Å². The van der Waals surface area contributed by atoms with Crippen molar-refractivity contribution in [3.63, 3.8) is 0 Å². The molecule has 0 fully saturated rings. The van der Waals surface area contributed by atoms with E-state index >= 15 is 0 Å². The zero-order valence-corrected chi connectivity index (χ0v) is 11.7. The third kappa shape index (κ3) is 2.85. The van der Waals surface area contributed by atoms with Gasteiger partial charge in [0.25, 0.3) is 0 Å². The summed E-state index contributed by atoms with van der Waals surface area (Å²) in [6.07, 6.45) is 0.666. The van der Waals surface area contributed by atoms with E-state index < -0.39 is 0 Å². The van der Waals surface area contributed by atoms with E-state index in [1.54, 1.807) is 22.9 Å². The Kier molecular flexibility index (Phi) is 4.02. The van der Waals surface area contributed by atoms with E-state index in [-0.39, 0.29) is 5.69 Å². The van der Waals surface area contributed by atoms with Crippen molar-refractivity contribution in [2.75, 3.05) is 0 Å². The Morgan fingerprint density at radius 3 is 2.74 bits per heavy atom. The quantitative estimate of drug-likeness (QED) is 0.639. The lowest BCUT2D eigenvalue weighted by molar-refractivity contribution is 0.111. The predicted molar refractivity (Wildman–Crippen MR) is 75.7 cm³/mol. The molecule has 0 unspecified atom stereocenters. The maximum atomic E-state index is 11.1. The summed E-state index contributed by atoms with van der Waals surface area (Å²) in [5, 5.41) is 8.67. The molecule has 1 aromatic carbocycles. The summed E-state index contributed by atoms with van der Waals surface area (Å²) in [5.74, 6) is 0. The van der Waals surface area contributed by atoms with Gasteiger partial charge in [0.2, 0.25) is 0 Å². The number of rotatable bonds is 4. The first-order valence-electron chi connectivity index (χ1n) is 5.51. The molecular weight excluding hydrogens is 285 g/mol. The molecule has 0 amide bonds. The van der Waals surface area contributed by atoms with Gasteiger partial charge in [-0.2, -0.15) is 0 Å². The Balaban J connectivity index is 2.58. The van der Waals surface area contributed by atoms with Crippen LogP contribution in [0.15, 0.2) is 30.4 Å². The molecule has 0 radical (unpaired) electrons. The highest BCUT2D eigenvalue weighted by molar-refractivity contribution is 6.42. The minimum absolute atomic E-state index is 0.264. The van der Waals surface area contributed by atoms with E-state index in [0.717, 1.165) is 11.1 Å². The third-order valence-electron chi connectivity index (χ3n) is 2.49. The maximum Gasteiger partial charge on any atom is 0.172 e. The van der Waals surface area contributed by atoms with Gasteiger partial charge in [0.15, 0.2) is 12.0 Å². The fraction of sp³-hybridized carbons (Fsp3) is 0.154. The molecule has 0 N–H and O–H groups in total. The molecule has 4 nitrogen and oxygen atoms in total. The average Bonchev–Trinajstić information content (AvgIpc) is 2.74. The van der Waals surface area contributed by atoms with Crippen molar-refractivity contribution in [2.45, 2.75) is 13.5 Å². The summed E-state index contributed by atoms with van der Waals surface area (Å²) >= 11 is 11.9. The Morgan fingerprint density at radius 2 is 2.16 bits per heavy atom. The van der Waals surface area contributed by atoms with Crippen molar-refractivity contribution < 1.29 is 4.79 Å². The number of benzene rings is 1. The molecule has 0 atom stereocenters. The Bertz CT molecular complexity index is 649. The van der Waals surface area contributed by atoms with Crippen LogP contribution in [0.2, 0.25) is 10.0 Å². The number of aldehydes is 1. The van der Waals surface area contributed by atoms with Crippen LogP contribution in [-0.2, 0) is 6.54 Å². The van der Waals surface area contributed by atoms with Crippen LogP contribution in [-0.4, -0.2) is 21.3 Å². The second-order valence-electron chi connectivity index (χ2n) is 4.18. The highest BCUT2D eigenvalue weighted by Crippen LogP contribution is 2.29. The van der Waals surface area contributed by atoms with Crippen molar-refractivity contribution in [2.24, 2.45) is 0 Å². The van der Waals surface area contributed by atoms with Gasteiger partial charge in [-0.3, -0.25) is 4.79 Å². The van der Waals surface area contributed by atoms with Gasteiger partial charge >= 0.3 is 0 Å². The first-order chi connectivity index (χ1) is 9.02. The van der Waals surface area contributed by atoms with Crippen molar-refractivity contribution in [1.82, 2.24) is 15.0 Å². The lowest BCUT2D eigenvalue weighted by Gasteiger charge is -2.07. The lowest BCUT2D eigenvalue weighted by Crippen LogP contribution is -2.03. The number of carbonyl (C=O) groups excluding carboxylic acids is 1. The molecular formula is C13H11Cl2N3O. The molecule has 0 aliphatic heterocycles. The van der Waals surface area contributed by atoms with Gasteiger partial charge in [0.05, 0.1) is 22.3 Å².